The van der Waals surface area contributed by atoms with Gasteiger partial charge in [0.2, 0.25) is 0 Å². The van der Waals surface area contributed by atoms with Gasteiger partial charge in [-0.3, -0.25) is 0 Å². The quantitative estimate of drug-likeness (QED) is 0.277. The molecule has 0 aromatic heterocycles. The lowest BCUT2D eigenvalue weighted by Crippen LogP contribution is -2.48. The fourth-order valence-electron chi connectivity index (χ4n) is 5.75. The maximum absolute atomic E-state index is 7.15. The lowest BCUT2D eigenvalue weighted by molar-refractivity contribution is -0.133. The Labute approximate surface area is 225 Å². The van der Waals surface area contributed by atoms with Gasteiger partial charge in [-0.25, -0.2) is 0 Å². The normalized spacial score (nSPS) is 21.6. The van der Waals surface area contributed by atoms with Gasteiger partial charge >= 0.3 is 7.12 Å². The standard InChI is InChI=1S/C33H31BO4/c1-31(2)35-25-30(36-31)23-24-34-37-32(26-15-7-3-8-16-26,27-17-9-4-10-18-27)33(38-34,28-19-11-5-12-20-28)29-21-13-6-14-22-29/h3-24,30H,25H2,1-2H3/b24-23+/t30-/m0/s1. The predicted octanol–water partition coefficient (Wildman–Crippen LogP) is 6.66. The summed E-state index contributed by atoms with van der Waals surface area (Å²) >= 11 is 0. The van der Waals surface area contributed by atoms with Crippen LogP contribution < -0.4 is 0 Å². The first-order valence-electron chi connectivity index (χ1n) is 13.1. The molecule has 0 N–H and O–H groups in total. The molecule has 0 unspecified atom stereocenters. The van der Waals surface area contributed by atoms with Crippen molar-refractivity contribution in [2.24, 2.45) is 0 Å². The number of rotatable bonds is 6. The van der Waals surface area contributed by atoms with Crippen LogP contribution in [0.4, 0.5) is 0 Å². The van der Waals surface area contributed by atoms with E-state index in [1.165, 1.54) is 0 Å². The molecule has 0 aliphatic carbocycles. The molecular weight excluding hydrogens is 471 g/mol. The van der Waals surface area contributed by atoms with Gasteiger partial charge in [-0.1, -0.05) is 133 Å². The maximum Gasteiger partial charge on any atom is 0.487 e. The van der Waals surface area contributed by atoms with Crippen molar-refractivity contribution in [1.82, 2.24) is 0 Å². The van der Waals surface area contributed by atoms with Gasteiger partial charge < -0.3 is 18.8 Å². The van der Waals surface area contributed by atoms with Crippen LogP contribution in [-0.4, -0.2) is 25.6 Å². The highest BCUT2D eigenvalue weighted by molar-refractivity contribution is 6.51. The van der Waals surface area contributed by atoms with E-state index >= 15 is 0 Å². The summed E-state index contributed by atoms with van der Waals surface area (Å²) in [5, 5.41) is 0. The van der Waals surface area contributed by atoms with Gasteiger partial charge in [0.25, 0.3) is 0 Å². The molecule has 38 heavy (non-hydrogen) atoms. The fourth-order valence-corrected chi connectivity index (χ4v) is 5.75. The van der Waals surface area contributed by atoms with Crippen molar-refractivity contribution in [3.8, 4) is 0 Å². The zero-order valence-corrected chi connectivity index (χ0v) is 21.7. The highest BCUT2D eigenvalue weighted by Crippen LogP contribution is 2.58. The van der Waals surface area contributed by atoms with E-state index in [0.717, 1.165) is 22.3 Å². The van der Waals surface area contributed by atoms with E-state index < -0.39 is 24.1 Å². The molecule has 190 valence electrons. The largest absolute Gasteiger partial charge is 0.487 e. The first-order chi connectivity index (χ1) is 18.5. The third-order valence-corrected chi connectivity index (χ3v) is 7.32. The highest BCUT2D eigenvalue weighted by Gasteiger charge is 2.65. The molecule has 4 aromatic rings. The van der Waals surface area contributed by atoms with Crippen molar-refractivity contribution in [3.63, 3.8) is 0 Å². The van der Waals surface area contributed by atoms with E-state index in [4.69, 9.17) is 18.8 Å². The summed E-state index contributed by atoms with van der Waals surface area (Å²) in [6, 6.07) is 41.5. The van der Waals surface area contributed by atoms with E-state index in [9.17, 15) is 0 Å². The maximum atomic E-state index is 7.15. The van der Waals surface area contributed by atoms with Gasteiger partial charge in [-0.15, -0.1) is 0 Å². The van der Waals surface area contributed by atoms with Crippen LogP contribution in [0.2, 0.25) is 0 Å². The Bertz CT molecular complexity index is 1200. The Morgan fingerprint density at radius 3 is 1.29 bits per heavy atom. The molecule has 6 rings (SSSR count). The molecule has 0 saturated carbocycles. The molecular formula is C33H31BO4. The molecule has 4 aromatic carbocycles. The molecule has 0 spiro atoms. The van der Waals surface area contributed by atoms with Crippen LogP contribution in [0.25, 0.3) is 0 Å². The van der Waals surface area contributed by atoms with Crippen LogP contribution in [0.1, 0.15) is 36.1 Å². The van der Waals surface area contributed by atoms with Crippen molar-refractivity contribution in [2.45, 2.75) is 36.9 Å². The molecule has 0 amide bonds. The van der Waals surface area contributed by atoms with Gasteiger partial charge in [0.1, 0.15) is 17.3 Å². The molecule has 0 radical (unpaired) electrons. The van der Waals surface area contributed by atoms with Crippen LogP contribution in [0.15, 0.2) is 133 Å². The fraction of sp³-hybridized carbons (Fsp3) is 0.212. The van der Waals surface area contributed by atoms with Crippen LogP contribution >= 0.6 is 0 Å². The minimum Gasteiger partial charge on any atom is -0.390 e. The van der Waals surface area contributed by atoms with Gasteiger partial charge in [0, 0.05) is 0 Å². The third-order valence-electron chi connectivity index (χ3n) is 7.32. The van der Waals surface area contributed by atoms with Crippen LogP contribution in [0, 0.1) is 0 Å². The van der Waals surface area contributed by atoms with Crippen molar-refractivity contribution in [1.29, 1.82) is 0 Å². The number of ether oxygens (including phenoxy) is 2. The number of hydrogen-bond donors (Lipinski definition) is 0. The number of hydrogen-bond acceptors (Lipinski definition) is 4. The molecule has 2 heterocycles. The molecule has 2 fully saturated rings. The van der Waals surface area contributed by atoms with E-state index in [1.54, 1.807) is 0 Å². The average Bonchev–Trinajstić information content (AvgIpc) is 3.52. The second-order valence-electron chi connectivity index (χ2n) is 10.2. The lowest BCUT2D eigenvalue weighted by atomic mass is 9.66. The molecule has 2 saturated heterocycles. The molecule has 0 bridgehead atoms. The van der Waals surface area contributed by atoms with Crippen molar-refractivity contribution in [2.75, 3.05) is 6.61 Å². The van der Waals surface area contributed by atoms with Crippen molar-refractivity contribution in [3.05, 3.63) is 156 Å². The van der Waals surface area contributed by atoms with E-state index in [-0.39, 0.29) is 6.10 Å². The Morgan fingerprint density at radius 2 is 0.974 bits per heavy atom. The summed E-state index contributed by atoms with van der Waals surface area (Å²) in [6.07, 6.45) is 1.81. The zero-order valence-electron chi connectivity index (χ0n) is 21.7. The number of benzene rings is 4. The molecule has 1 atom stereocenters. The minimum absolute atomic E-state index is 0.177. The predicted molar refractivity (Wildman–Crippen MR) is 149 cm³/mol. The Morgan fingerprint density at radius 1 is 0.605 bits per heavy atom. The molecule has 5 heteroatoms. The topological polar surface area (TPSA) is 36.9 Å². The molecule has 4 nitrogen and oxygen atoms in total. The second-order valence-corrected chi connectivity index (χ2v) is 10.2. The zero-order chi connectivity index (χ0) is 26.1. The van der Waals surface area contributed by atoms with Crippen LogP contribution in [0.3, 0.4) is 0 Å². The third kappa shape index (κ3) is 4.22. The highest BCUT2D eigenvalue weighted by atomic mass is 16.7. The summed E-state index contributed by atoms with van der Waals surface area (Å²) in [5.74, 6) is 1.35. The lowest BCUT2D eigenvalue weighted by Gasteiger charge is -2.46. The minimum atomic E-state index is -0.987. The van der Waals surface area contributed by atoms with Gasteiger partial charge in [-0.05, 0) is 36.1 Å². The van der Waals surface area contributed by atoms with Crippen LogP contribution in [-0.2, 0) is 30.0 Å². The summed E-state index contributed by atoms with van der Waals surface area (Å²) < 4.78 is 26.1. The molecule has 2 aliphatic heterocycles. The van der Waals surface area contributed by atoms with Crippen molar-refractivity contribution < 1.29 is 18.8 Å². The average molecular weight is 502 g/mol. The summed E-state index contributed by atoms with van der Waals surface area (Å²) in [5.41, 5.74) is 2.07. The monoisotopic (exact) mass is 502 g/mol. The van der Waals surface area contributed by atoms with E-state index in [1.807, 2.05) is 50.2 Å². The summed E-state index contributed by atoms with van der Waals surface area (Å²) in [6.45, 7) is 4.34. The van der Waals surface area contributed by atoms with Gasteiger partial charge in [0.05, 0.1) is 6.61 Å². The molecule has 2 aliphatic rings. The summed E-state index contributed by atoms with van der Waals surface area (Å²) in [4.78, 5) is 0. The first-order valence-corrected chi connectivity index (χ1v) is 13.1. The smallest absolute Gasteiger partial charge is 0.390 e. The van der Waals surface area contributed by atoms with E-state index in [0.29, 0.717) is 6.61 Å². The van der Waals surface area contributed by atoms with Gasteiger partial charge in [0.15, 0.2) is 5.79 Å². The second kappa shape index (κ2) is 10.0. The Hall–Kier alpha value is -3.48. The van der Waals surface area contributed by atoms with Gasteiger partial charge in [-0.2, -0.15) is 0 Å². The van der Waals surface area contributed by atoms with E-state index in [2.05, 4.69) is 97.1 Å². The SMILES string of the molecule is CC1(C)OC[C@H](/C=C/B2OC(c3ccccc3)(c3ccccc3)C(c3ccccc3)(c3ccccc3)O2)O1. The van der Waals surface area contributed by atoms with Crippen molar-refractivity contribution >= 4 is 7.12 Å². The summed E-state index contributed by atoms with van der Waals surface area (Å²) in [7, 11) is -0.650. The van der Waals surface area contributed by atoms with Crippen LogP contribution in [0.5, 0.6) is 0 Å². The Balaban J connectivity index is 1.59. The Kier molecular flexibility index (Phi) is 6.54. The first kappa shape index (κ1) is 24.8.